The van der Waals surface area contributed by atoms with E-state index in [1.54, 1.807) is 6.07 Å². The summed E-state index contributed by atoms with van der Waals surface area (Å²) in [5.74, 6) is 0.493. The molecule has 0 radical (unpaired) electrons. The zero-order valence-electron chi connectivity index (χ0n) is 16.9. The van der Waals surface area contributed by atoms with Crippen LogP contribution in [0.5, 0.6) is 0 Å². The van der Waals surface area contributed by atoms with Gasteiger partial charge in [-0.25, -0.2) is 4.98 Å². The quantitative estimate of drug-likeness (QED) is 0.542. The third-order valence-corrected chi connectivity index (χ3v) is 4.74. The highest BCUT2D eigenvalue weighted by Gasteiger charge is 2.29. The summed E-state index contributed by atoms with van der Waals surface area (Å²) in [6.07, 6.45) is -1.63. The van der Waals surface area contributed by atoms with E-state index < -0.39 is 11.7 Å². The fraction of sp³-hybridized carbons (Fsp3) is 0.217. The highest BCUT2D eigenvalue weighted by atomic mass is 19.4. The molecule has 1 N–H and O–H groups in total. The van der Waals surface area contributed by atoms with Crippen molar-refractivity contribution in [1.82, 2.24) is 4.98 Å². The number of anilines is 2. The molecule has 30 heavy (non-hydrogen) atoms. The Kier molecular flexibility index (Phi) is 6.10. The largest absolute Gasteiger partial charge is 0.416 e. The van der Waals surface area contributed by atoms with Crippen molar-refractivity contribution in [3.63, 3.8) is 0 Å². The maximum atomic E-state index is 12.6. The molecule has 0 fully saturated rings. The summed E-state index contributed by atoms with van der Waals surface area (Å²) in [6, 6.07) is 14.2. The first kappa shape index (κ1) is 21.4. The average molecular weight is 413 g/mol. The molecule has 3 aromatic rings. The number of carbonyl (C=O) groups excluding carboxylic acids is 1. The van der Waals surface area contributed by atoms with Crippen LogP contribution in [0.1, 0.15) is 25.0 Å². The molecular formula is C23H22F3N3O. The van der Waals surface area contributed by atoms with E-state index in [1.165, 1.54) is 24.3 Å². The molecule has 0 aliphatic carbocycles. The zero-order chi connectivity index (χ0) is 21.9. The van der Waals surface area contributed by atoms with Gasteiger partial charge in [0.15, 0.2) is 0 Å². The van der Waals surface area contributed by atoms with Crippen LogP contribution in [0.25, 0.3) is 17.0 Å². The topological polar surface area (TPSA) is 45.2 Å². The van der Waals surface area contributed by atoms with Crippen molar-refractivity contribution in [2.24, 2.45) is 0 Å². The lowest BCUT2D eigenvalue weighted by atomic mass is 10.1. The molecule has 156 valence electrons. The fourth-order valence-electron chi connectivity index (χ4n) is 2.79. The van der Waals surface area contributed by atoms with Crippen molar-refractivity contribution < 1.29 is 18.0 Å². The standard InChI is InChI=1S/C23H22F3N3O/c1-15(2)29(3)21-12-7-17-14-19(10-11-20(17)28-21)27-22(30)13-6-16-4-8-18(9-5-16)23(24,25)26/h4-15H,1-3H3,(H,27,30)/b13-6+. The Hall–Kier alpha value is -3.35. The van der Waals surface area contributed by atoms with E-state index in [0.717, 1.165) is 28.9 Å². The van der Waals surface area contributed by atoms with Crippen LogP contribution in [0, 0.1) is 0 Å². The Labute approximate surface area is 173 Å². The lowest BCUT2D eigenvalue weighted by Crippen LogP contribution is -2.26. The zero-order valence-corrected chi connectivity index (χ0v) is 16.9. The molecule has 1 amide bonds. The molecule has 2 aromatic carbocycles. The van der Waals surface area contributed by atoms with Gasteiger partial charge in [-0.2, -0.15) is 13.2 Å². The molecular weight excluding hydrogens is 391 g/mol. The maximum Gasteiger partial charge on any atom is 0.416 e. The first-order valence-corrected chi connectivity index (χ1v) is 9.43. The number of benzene rings is 2. The SMILES string of the molecule is CC(C)N(C)c1ccc2cc(NC(=O)/C=C/c3ccc(C(F)(F)F)cc3)ccc2n1. The molecule has 0 atom stereocenters. The van der Waals surface area contributed by atoms with E-state index in [0.29, 0.717) is 17.3 Å². The summed E-state index contributed by atoms with van der Waals surface area (Å²) in [4.78, 5) is 18.9. The second-order valence-electron chi connectivity index (χ2n) is 7.22. The summed E-state index contributed by atoms with van der Waals surface area (Å²) in [7, 11) is 1.98. The van der Waals surface area contributed by atoms with E-state index in [2.05, 4.69) is 29.0 Å². The van der Waals surface area contributed by atoms with Gasteiger partial charge in [0.05, 0.1) is 11.1 Å². The monoisotopic (exact) mass is 413 g/mol. The first-order chi connectivity index (χ1) is 14.1. The number of carbonyl (C=O) groups is 1. The van der Waals surface area contributed by atoms with Gasteiger partial charge in [-0.15, -0.1) is 0 Å². The summed E-state index contributed by atoms with van der Waals surface area (Å²) in [5.41, 5.74) is 1.20. The van der Waals surface area contributed by atoms with Crippen LogP contribution < -0.4 is 10.2 Å². The lowest BCUT2D eigenvalue weighted by molar-refractivity contribution is -0.137. The molecule has 1 aromatic heterocycles. The summed E-state index contributed by atoms with van der Waals surface area (Å²) >= 11 is 0. The Bertz CT molecular complexity index is 1070. The van der Waals surface area contributed by atoms with Gasteiger partial charge >= 0.3 is 6.18 Å². The van der Waals surface area contributed by atoms with Gasteiger partial charge in [0, 0.05) is 30.2 Å². The fourth-order valence-corrected chi connectivity index (χ4v) is 2.79. The first-order valence-electron chi connectivity index (χ1n) is 9.43. The predicted octanol–water partition coefficient (Wildman–Crippen LogP) is 5.75. The molecule has 0 bridgehead atoms. The van der Waals surface area contributed by atoms with Gasteiger partial charge < -0.3 is 10.2 Å². The highest BCUT2D eigenvalue weighted by Crippen LogP contribution is 2.29. The maximum absolute atomic E-state index is 12.6. The second kappa shape index (κ2) is 8.57. The van der Waals surface area contributed by atoms with Gasteiger partial charge in [0.25, 0.3) is 0 Å². The number of nitrogens with zero attached hydrogens (tertiary/aromatic N) is 2. The van der Waals surface area contributed by atoms with Crippen molar-refractivity contribution >= 4 is 34.4 Å². The Morgan fingerprint density at radius 2 is 1.77 bits per heavy atom. The van der Waals surface area contributed by atoms with E-state index in [1.807, 2.05) is 31.3 Å². The average Bonchev–Trinajstić information content (AvgIpc) is 2.71. The smallest absolute Gasteiger partial charge is 0.357 e. The Morgan fingerprint density at radius 1 is 1.07 bits per heavy atom. The highest BCUT2D eigenvalue weighted by molar-refractivity contribution is 6.03. The van der Waals surface area contributed by atoms with Crippen molar-refractivity contribution in [3.05, 3.63) is 71.8 Å². The molecule has 7 heteroatoms. The van der Waals surface area contributed by atoms with Crippen LogP contribution in [0.2, 0.25) is 0 Å². The molecule has 0 aliphatic heterocycles. The van der Waals surface area contributed by atoms with Crippen LogP contribution in [-0.2, 0) is 11.0 Å². The minimum absolute atomic E-state index is 0.324. The van der Waals surface area contributed by atoms with E-state index in [-0.39, 0.29) is 5.91 Å². The molecule has 0 saturated heterocycles. The van der Waals surface area contributed by atoms with Crippen LogP contribution in [0.4, 0.5) is 24.7 Å². The van der Waals surface area contributed by atoms with Gasteiger partial charge in [0.2, 0.25) is 5.91 Å². The molecule has 0 unspecified atom stereocenters. The number of nitrogens with one attached hydrogen (secondary N) is 1. The molecule has 0 spiro atoms. The van der Waals surface area contributed by atoms with Crippen LogP contribution in [-0.4, -0.2) is 24.0 Å². The molecule has 0 aliphatic rings. The molecule has 4 nitrogen and oxygen atoms in total. The van der Waals surface area contributed by atoms with Crippen molar-refractivity contribution in [3.8, 4) is 0 Å². The van der Waals surface area contributed by atoms with E-state index in [4.69, 9.17) is 0 Å². The molecule has 1 heterocycles. The number of rotatable bonds is 5. The summed E-state index contributed by atoms with van der Waals surface area (Å²) in [6.45, 7) is 4.17. The lowest BCUT2D eigenvalue weighted by Gasteiger charge is -2.22. The third-order valence-electron chi connectivity index (χ3n) is 4.74. The van der Waals surface area contributed by atoms with Gasteiger partial charge in [-0.1, -0.05) is 12.1 Å². The summed E-state index contributed by atoms with van der Waals surface area (Å²) < 4.78 is 37.8. The molecule has 0 saturated carbocycles. The van der Waals surface area contributed by atoms with E-state index >= 15 is 0 Å². The minimum atomic E-state index is -4.38. The third kappa shape index (κ3) is 5.17. The number of fused-ring (bicyclic) bond motifs is 1. The number of alkyl halides is 3. The Balaban J connectivity index is 1.68. The summed E-state index contributed by atoms with van der Waals surface area (Å²) in [5, 5.41) is 3.64. The number of halogens is 3. The van der Waals surface area contributed by atoms with Crippen molar-refractivity contribution in [1.29, 1.82) is 0 Å². The predicted molar refractivity (Wildman–Crippen MR) is 114 cm³/mol. The normalized spacial score (nSPS) is 12.0. The minimum Gasteiger partial charge on any atom is -0.357 e. The van der Waals surface area contributed by atoms with Crippen LogP contribution in [0.15, 0.2) is 60.7 Å². The van der Waals surface area contributed by atoms with E-state index in [9.17, 15) is 18.0 Å². The number of amides is 1. The molecule has 3 rings (SSSR count). The van der Waals surface area contributed by atoms with Crippen molar-refractivity contribution in [2.75, 3.05) is 17.3 Å². The number of hydrogen-bond acceptors (Lipinski definition) is 3. The number of pyridine rings is 1. The van der Waals surface area contributed by atoms with Gasteiger partial charge in [-0.05, 0) is 68.0 Å². The van der Waals surface area contributed by atoms with Gasteiger partial charge in [-0.3, -0.25) is 4.79 Å². The van der Waals surface area contributed by atoms with Gasteiger partial charge in [0.1, 0.15) is 5.82 Å². The van der Waals surface area contributed by atoms with Crippen LogP contribution >= 0.6 is 0 Å². The second-order valence-corrected chi connectivity index (χ2v) is 7.22. The van der Waals surface area contributed by atoms with Crippen molar-refractivity contribution in [2.45, 2.75) is 26.1 Å². The van der Waals surface area contributed by atoms with Crippen LogP contribution in [0.3, 0.4) is 0 Å². The Morgan fingerprint density at radius 3 is 2.40 bits per heavy atom. The number of aromatic nitrogens is 1. The number of hydrogen-bond donors (Lipinski definition) is 1.